The minimum absolute atomic E-state index is 0.106. The van der Waals surface area contributed by atoms with Crippen molar-refractivity contribution in [2.45, 2.75) is 62.8 Å². The number of piperazine rings is 1. The van der Waals surface area contributed by atoms with Crippen LogP contribution >= 0.6 is 0 Å². The van der Waals surface area contributed by atoms with E-state index in [-0.39, 0.29) is 24.7 Å². The second-order valence-corrected chi connectivity index (χ2v) is 16.2. The molecule has 4 aromatic carbocycles. The number of fused-ring (bicyclic) bond motifs is 2. The Morgan fingerprint density at radius 1 is 0.643 bits per heavy atom. The Morgan fingerprint density at radius 2 is 1.36 bits per heavy atom. The van der Waals surface area contributed by atoms with Gasteiger partial charge in [0, 0.05) is 63.0 Å². The van der Waals surface area contributed by atoms with Gasteiger partial charge in [0.05, 0.1) is 11.1 Å². The van der Waals surface area contributed by atoms with E-state index in [1.165, 1.54) is 47.2 Å². The number of hydrogen-bond acceptors (Lipinski definition) is 8. The number of anilines is 2. The summed E-state index contributed by atoms with van der Waals surface area (Å²) in [5.41, 5.74) is 8.15. The number of rotatable bonds is 8. The zero-order valence-electron chi connectivity index (χ0n) is 31.7. The highest BCUT2D eigenvalue weighted by Crippen LogP contribution is 2.47. The number of carbonyl (C=O) groups excluding carboxylic acids is 4. The van der Waals surface area contributed by atoms with Gasteiger partial charge in [-0.3, -0.25) is 34.3 Å². The predicted octanol–water partition coefficient (Wildman–Crippen LogP) is 6.08. The van der Waals surface area contributed by atoms with E-state index in [0.29, 0.717) is 28.7 Å². The quantitative estimate of drug-likeness (QED) is 0.209. The number of nitrogens with zero attached hydrogens (tertiary/aromatic N) is 4. The van der Waals surface area contributed by atoms with Gasteiger partial charge >= 0.3 is 0 Å². The molecule has 4 aromatic rings. The minimum Gasteiger partial charge on any atom is -0.508 e. The van der Waals surface area contributed by atoms with E-state index in [2.05, 4.69) is 80.7 Å². The molecule has 0 bridgehead atoms. The number of hydrogen-bond donors (Lipinski definition) is 2. The second kappa shape index (κ2) is 15.2. The summed E-state index contributed by atoms with van der Waals surface area (Å²) in [5.74, 6) is -0.204. The van der Waals surface area contributed by atoms with Gasteiger partial charge in [-0.15, -0.1) is 0 Å². The van der Waals surface area contributed by atoms with Gasteiger partial charge in [-0.25, -0.2) is 0 Å². The summed E-state index contributed by atoms with van der Waals surface area (Å²) >= 11 is 0. The average Bonchev–Trinajstić information content (AvgIpc) is 3.48. The van der Waals surface area contributed by atoms with Crippen molar-refractivity contribution in [3.8, 4) is 5.75 Å². The molecule has 4 heterocycles. The van der Waals surface area contributed by atoms with Gasteiger partial charge in [-0.05, 0) is 122 Å². The van der Waals surface area contributed by atoms with E-state index in [4.69, 9.17) is 0 Å². The Labute approximate surface area is 328 Å². The van der Waals surface area contributed by atoms with E-state index in [0.717, 1.165) is 69.2 Å². The molecule has 56 heavy (non-hydrogen) atoms. The van der Waals surface area contributed by atoms with Crippen LogP contribution in [0.3, 0.4) is 0 Å². The van der Waals surface area contributed by atoms with E-state index in [1.54, 1.807) is 12.1 Å². The molecule has 1 unspecified atom stereocenters. The highest BCUT2D eigenvalue weighted by Gasteiger charge is 2.45. The van der Waals surface area contributed by atoms with Crippen molar-refractivity contribution in [1.82, 2.24) is 15.1 Å². The summed E-state index contributed by atoms with van der Waals surface area (Å²) in [5, 5.41) is 12.5. The van der Waals surface area contributed by atoms with Crippen molar-refractivity contribution in [1.29, 1.82) is 0 Å². The molecule has 3 saturated heterocycles. The highest BCUT2D eigenvalue weighted by molar-refractivity contribution is 6.23. The SMILES string of the molecule is O=C1CCC(N2C(=O)c3ccc(N4CCN(CCC5CCN(c6ccc([C@@H]7c8ccc(O)cc8CC[C@@H]7c7ccccc7)cc6)CC5)CC4)cc3C2=O)C(=O)N1. The molecule has 0 radical (unpaired) electrons. The summed E-state index contributed by atoms with van der Waals surface area (Å²) in [7, 11) is 0. The third kappa shape index (κ3) is 6.95. The monoisotopic (exact) mass is 751 g/mol. The molecule has 3 atom stereocenters. The van der Waals surface area contributed by atoms with Crippen molar-refractivity contribution >= 4 is 35.0 Å². The number of phenols is 1. The molecule has 288 valence electrons. The largest absolute Gasteiger partial charge is 0.508 e. The molecule has 10 nitrogen and oxygen atoms in total. The number of nitrogens with one attached hydrogen (secondary N) is 1. The van der Waals surface area contributed by atoms with Crippen LogP contribution in [0.15, 0.2) is 91.0 Å². The van der Waals surface area contributed by atoms with Gasteiger partial charge in [0.15, 0.2) is 0 Å². The van der Waals surface area contributed by atoms with Crippen molar-refractivity contribution in [2.75, 3.05) is 55.6 Å². The lowest BCUT2D eigenvalue weighted by Crippen LogP contribution is -2.54. The van der Waals surface area contributed by atoms with Gasteiger partial charge in [0.1, 0.15) is 11.8 Å². The Balaban J connectivity index is 0.764. The van der Waals surface area contributed by atoms with E-state index in [1.807, 2.05) is 18.2 Å². The maximum atomic E-state index is 13.3. The lowest BCUT2D eigenvalue weighted by Gasteiger charge is -2.38. The number of amides is 4. The van der Waals surface area contributed by atoms with Crippen LogP contribution in [0.2, 0.25) is 0 Å². The molecule has 5 aliphatic rings. The summed E-state index contributed by atoms with van der Waals surface area (Å²) in [6, 6.07) is 30.5. The lowest BCUT2D eigenvalue weighted by atomic mass is 9.69. The molecule has 4 amide bonds. The van der Waals surface area contributed by atoms with Crippen LogP contribution < -0.4 is 15.1 Å². The van der Waals surface area contributed by atoms with Gasteiger partial charge in [-0.2, -0.15) is 0 Å². The Morgan fingerprint density at radius 3 is 2.11 bits per heavy atom. The molecule has 1 aliphatic carbocycles. The fourth-order valence-corrected chi connectivity index (χ4v) is 9.90. The Hall–Kier alpha value is -5.48. The summed E-state index contributed by atoms with van der Waals surface area (Å²) in [6.45, 7) is 6.77. The second-order valence-electron chi connectivity index (χ2n) is 16.2. The molecule has 0 saturated carbocycles. The van der Waals surface area contributed by atoms with E-state index < -0.39 is 23.8 Å². The van der Waals surface area contributed by atoms with E-state index in [9.17, 15) is 24.3 Å². The molecule has 0 spiro atoms. The minimum atomic E-state index is -0.956. The first-order valence-electron chi connectivity index (χ1n) is 20.4. The smallest absolute Gasteiger partial charge is 0.262 e. The molecule has 2 N–H and O–H groups in total. The number of carbonyl (C=O) groups is 4. The number of piperidine rings is 2. The number of benzene rings is 4. The lowest BCUT2D eigenvalue weighted by molar-refractivity contribution is -0.136. The predicted molar refractivity (Wildman–Crippen MR) is 215 cm³/mol. The van der Waals surface area contributed by atoms with Gasteiger partial charge in [-0.1, -0.05) is 48.5 Å². The molecule has 0 aromatic heterocycles. The van der Waals surface area contributed by atoms with Crippen molar-refractivity contribution in [2.24, 2.45) is 5.92 Å². The third-order valence-corrected chi connectivity index (χ3v) is 13.1. The van der Waals surface area contributed by atoms with Gasteiger partial charge in [0.25, 0.3) is 11.8 Å². The maximum absolute atomic E-state index is 13.3. The third-order valence-electron chi connectivity index (χ3n) is 13.1. The Kier molecular flexibility index (Phi) is 9.83. The van der Waals surface area contributed by atoms with Crippen LogP contribution in [0.4, 0.5) is 11.4 Å². The van der Waals surface area contributed by atoms with Crippen LogP contribution in [-0.4, -0.2) is 90.4 Å². The molecule has 10 heteroatoms. The molecule has 4 aliphatic heterocycles. The van der Waals surface area contributed by atoms with Gasteiger partial charge in [0.2, 0.25) is 11.8 Å². The Bertz CT molecular complexity index is 2140. The zero-order valence-corrected chi connectivity index (χ0v) is 31.7. The van der Waals surface area contributed by atoms with Crippen molar-refractivity contribution < 1.29 is 24.3 Å². The number of aryl methyl sites for hydroxylation is 1. The van der Waals surface area contributed by atoms with Crippen molar-refractivity contribution in [3.63, 3.8) is 0 Å². The summed E-state index contributed by atoms with van der Waals surface area (Å²) < 4.78 is 0. The number of phenolic OH excluding ortho intramolecular Hbond substituents is 1. The normalized spacial score (nSPS) is 23.3. The molecular formula is C46H49N5O5. The summed E-state index contributed by atoms with van der Waals surface area (Å²) in [6.07, 6.45) is 5.86. The zero-order chi connectivity index (χ0) is 38.3. The fraction of sp³-hybridized carbons (Fsp3) is 0.391. The standard InChI is InChI=1S/C46H49N5O5/c52-36-12-15-38-33(28-36)8-13-37(31-4-2-1-3-5-31)43(38)32-6-9-34(10-7-32)49-22-19-30(20-23-49)18-21-48-24-26-50(27-25-48)35-11-14-39-40(29-35)46(56)51(45(39)55)41-16-17-42(53)47-44(41)54/h1-7,9-12,14-15,28-30,37,41,43,52H,8,13,16-27H2,(H,47,53,54)/t37-,41?,43+/m1/s1. The van der Waals surface area contributed by atoms with Crippen LogP contribution in [-0.2, 0) is 16.0 Å². The first-order valence-corrected chi connectivity index (χ1v) is 20.4. The van der Waals surface area contributed by atoms with Crippen LogP contribution in [0, 0.1) is 5.92 Å². The first kappa shape index (κ1) is 36.2. The number of imide groups is 2. The van der Waals surface area contributed by atoms with Crippen LogP contribution in [0.25, 0.3) is 0 Å². The van der Waals surface area contributed by atoms with Crippen molar-refractivity contribution in [3.05, 3.63) is 124 Å². The molecule has 9 rings (SSSR count). The van der Waals surface area contributed by atoms with Gasteiger partial charge < -0.3 is 14.9 Å². The van der Waals surface area contributed by atoms with Crippen LogP contribution in [0.1, 0.15) is 93.3 Å². The molecule has 3 fully saturated rings. The molecular weight excluding hydrogens is 703 g/mol. The van der Waals surface area contributed by atoms with E-state index >= 15 is 0 Å². The first-order chi connectivity index (χ1) is 27.3. The average molecular weight is 752 g/mol. The number of aromatic hydroxyl groups is 1. The summed E-state index contributed by atoms with van der Waals surface area (Å²) in [4.78, 5) is 58.9. The fourth-order valence-electron chi connectivity index (χ4n) is 9.90. The van der Waals surface area contributed by atoms with Crippen LogP contribution in [0.5, 0.6) is 5.75 Å². The highest BCUT2D eigenvalue weighted by atomic mass is 16.3. The topological polar surface area (TPSA) is 114 Å². The maximum Gasteiger partial charge on any atom is 0.262 e.